The van der Waals surface area contributed by atoms with Crippen LogP contribution in [0.15, 0.2) is 328 Å². The molecule has 93 heavy (non-hydrogen) atoms. The molecule has 15 aromatic carbocycles. The average molecular weight is 1180 g/mol. The zero-order chi connectivity index (χ0) is 60.2. The van der Waals surface area contributed by atoms with Gasteiger partial charge in [-0.3, -0.25) is 9.13 Å². The number of imidazole rings is 2. The fourth-order valence-corrected chi connectivity index (χ4v) is 17.0. The first-order valence-corrected chi connectivity index (χ1v) is 31.9. The summed E-state index contributed by atoms with van der Waals surface area (Å²) in [6.07, 6.45) is 0. The van der Waals surface area contributed by atoms with Crippen molar-refractivity contribution in [2.45, 2.75) is 18.3 Å². The quantitative estimate of drug-likeness (QED) is 0.156. The van der Waals surface area contributed by atoms with Gasteiger partial charge in [0.05, 0.1) is 32.9 Å². The minimum absolute atomic E-state index is 0. The lowest BCUT2D eigenvalue weighted by molar-refractivity contribution is 0.633. The number of hydrogen-bond acceptors (Lipinski definition) is 2. The minimum Gasteiger partial charge on any atom is -0.292 e. The van der Waals surface area contributed by atoms with Crippen molar-refractivity contribution >= 4 is 54.4 Å². The highest BCUT2D eigenvalue weighted by atomic mass is 15.1. The van der Waals surface area contributed by atoms with Gasteiger partial charge in [0.1, 0.15) is 11.6 Å². The molecule has 2 unspecified atom stereocenters. The molecule has 4 nitrogen and oxygen atoms in total. The Kier molecular flexibility index (Phi) is 11.4. The molecule has 0 bridgehead atoms. The van der Waals surface area contributed by atoms with Crippen LogP contribution in [0.1, 0.15) is 51.9 Å². The molecule has 20 rings (SSSR count). The molecule has 0 radical (unpaired) electrons. The molecule has 434 valence electrons. The molecular formula is C89H58N4. The van der Waals surface area contributed by atoms with E-state index in [1.54, 1.807) is 0 Å². The first kappa shape index (κ1) is 52.9. The predicted octanol–water partition coefficient (Wildman–Crippen LogP) is 22.2. The zero-order valence-corrected chi connectivity index (χ0v) is 50.0. The maximum absolute atomic E-state index is 5.55. The lowest BCUT2D eigenvalue weighted by atomic mass is 9.52. The Morgan fingerprint density at radius 3 is 1.11 bits per heavy atom. The molecule has 2 atom stereocenters. The molecule has 2 spiro atoms. The van der Waals surface area contributed by atoms with Gasteiger partial charge < -0.3 is 0 Å². The normalized spacial score (nSPS) is 15.5. The van der Waals surface area contributed by atoms with Gasteiger partial charge >= 0.3 is 0 Å². The van der Waals surface area contributed by atoms with Gasteiger partial charge in [0, 0.05) is 22.5 Å². The standard InChI is InChI=1S/C88H54N4.CH4/c1-3-25-61(26-4-1)91-81-41-21-19-39-79(81)89-85(91)59-45-48-65-63-29-13-15-35-71(63)87(76(65)53-59)73-37-17-18-38-74(73)88(72-36-16-14-30-64(72)66-49-46-60(54-77(66)88)86-90-80-40-20-22-42-82(80)92(86)62-27-5-2-6-28-62)78-52-58(47-50-75(78)87)84-69-33-11-9-31-67(69)83(68-32-10-12-34-70(68)84)57-44-43-55-23-7-8-24-56(55)51-57;/h1-54H;1H4. The van der Waals surface area contributed by atoms with Crippen LogP contribution < -0.4 is 0 Å². The van der Waals surface area contributed by atoms with Crippen molar-refractivity contribution in [3.8, 4) is 78.7 Å². The lowest BCUT2D eigenvalue weighted by Crippen LogP contribution is -2.43. The van der Waals surface area contributed by atoms with Crippen molar-refractivity contribution < 1.29 is 0 Å². The van der Waals surface area contributed by atoms with E-state index in [4.69, 9.17) is 9.97 Å². The van der Waals surface area contributed by atoms with Crippen molar-refractivity contribution in [3.05, 3.63) is 372 Å². The Balaban J connectivity index is 0.00000616. The average Bonchev–Trinajstić information content (AvgIpc) is 1.54. The Labute approximate surface area is 539 Å². The van der Waals surface area contributed by atoms with Crippen LogP contribution in [0.5, 0.6) is 0 Å². The van der Waals surface area contributed by atoms with Crippen LogP contribution in [0.3, 0.4) is 0 Å². The van der Waals surface area contributed by atoms with Crippen molar-refractivity contribution in [3.63, 3.8) is 0 Å². The molecule has 0 fully saturated rings. The molecule has 17 aromatic rings. The van der Waals surface area contributed by atoms with Gasteiger partial charge in [0.2, 0.25) is 0 Å². The summed E-state index contributed by atoms with van der Waals surface area (Å²) < 4.78 is 4.68. The van der Waals surface area contributed by atoms with Crippen LogP contribution >= 0.6 is 0 Å². The van der Waals surface area contributed by atoms with Crippen LogP contribution in [0, 0.1) is 0 Å². The van der Waals surface area contributed by atoms with Gasteiger partial charge in [-0.15, -0.1) is 0 Å². The van der Waals surface area contributed by atoms with Gasteiger partial charge in [-0.1, -0.05) is 262 Å². The van der Waals surface area contributed by atoms with E-state index in [-0.39, 0.29) is 7.43 Å². The molecule has 0 aliphatic heterocycles. The van der Waals surface area contributed by atoms with E-state index in [9.17, 15) is 0 Å². The molecule has 0 N–H and O–H groups in total. The van der Waals surface area contributed by atoms with Gasteiger partial charge in [-0.25, -0.2) is 9.97 Å². The molecular weight excluding hydrogens is 1130 g/mol. The summed E-state index contributed by atoms with van der Waals surface area (Å²) in [6.45, 7) is 0. The smallest absolute Gasteiger partial charge is 0.145 e. The zero-order valence-electron chi connectivity index (χ0n) is 50.0. The second-order valence-corrected chi connectivity index (χ2v) is 25.0. The van der Waals surface area contributed by atoms with E-state index in [0.717, 1.165) is 56.2 Å². The molecule has 2 heterocycles. The summed E-state index contributed by atoms with van der Waals surface area (Å²) in [5, 5.41) is 7.33. The summed E-state index contributed by atoms with van der Waals surface area (Å²) in [6, 6.07) is 122. The topological polar surface area (TPSA) is 35.6 Å². The largest absolute Gasteiger partial charge is 0.292 e. The Bertz CT molecular complexity index is 5910. The maximum Gasteiger partial charge on any atom is 0.145 e. The molecule has 0 amide bonds. The van der Waals surface area contributed by atoms with E-state index in [1.807, 2.05) is 0 Å². The van der Waals surface area contributed by atoms with Gasteiger partial charge in [0.25, 0.3) is 0 Å². The number of fused-ring (bicyclic) bond motifs is 21. The summed E-state index contributed by atoms with van der Waals surface area (Å²) in [7, 11) is 0. The first-order valence-electron chi connectivity index (χ1n) is 31.9. The fourth-order valence-electron chi connectivity index (χ4n) is 17.0. The highest BCUT2D eigenvalue weighted by molar-refractivity contribution is 6.22. The van der Waals surface area contributed by atoms with E-state index >= 15 is 0 Å². The second-order valence-electron chi connectivity index (χ2n) is 25.0. The van der Waals surface area contributed by atoms with Crippen molar-refractivity contribution in [1.82, 2.24) is 19.1 Å². The minimum atomic E-state index is -0.827. The summed E-state index contributed by atoms with van der Waals surface area (Å²) in [4.78, 5) is 11.1. The highest BCUT2D eigenvalue weighted by Gasteiger charge is 2.59. The number of hydrogen-bond donors (Lipinski definition) is 0. The Hall–Kier alpha value is -12.0. The third kappa shape index (κ3) is 7.20. The Morgan fingerprint density at radius 2 is 0.591 bits per heavy atom. The Morgan fingerprint density at radius 1 is 0.237 bits per heavy atom. The number of rotatable bonds is 6. The first-order chi connectivity index (χ1) is 45.6. The van der Waals surface area contributed by atoms with Crippen LogP contribution in [-0.2, 0) is 10.8 Å². The lowest BCUT2D eigenvalue weighted by Gasteiger charge is -2.49. The second kappa shape index (κ2) is 20.0. The molecule has 3 aliphatic carbocycles. The number of para-hydroxylation sites is 6. The third-order valence-corrected chi connectivity index (χ3v) is 20.6. The van der Waals surface area contributed by atoms with Crippen molar-refractivity contribution in [2.75, 3.05) is 0 Å². The molecule has 4 heteroatoms. The number of nitrogens with zero attached hydrogens (tertiary/aromatic N) is 4. The van der Waals surface area contributed by atoms with Crippen LogP contribution in [0.2, 0.25) is 0 Å². The van der Waals surface area contributed by atoms with Crippen molar-refractivity contribution in [2.24, 2.45) is 0 Å². The summed E-state index contributed by atoms with van der Waals surface area (Å²) in [5.74, 6) is 1.80. The van der Waals surface area contributed by atoms with Gasteiger partial charge in [-0.2, -0.15) is 0 Å². The maximum atomic E-state index is 5.55. The molecule has 0 saturated heterocycles. The van der Waals surface area contributed by atoms with E-state index in [2.05, 4.69) is 337 Å². The highest BCUT2D eigenvalue weighted by Crippen LogP contribution is 2.68. The van der Waals surface area contributed by atoms with E-state index in [1.165, 1.54) is 121 Å². The monoisotopic (exact) mass is 1180 g/mol. The van der Waals surface area contributed by atoms with Gasteiger partial charge in [0.15, 0.2) is 0 Å². The number of aromatic nitrogens is 4. The molecule has 0 saturated carbocycles. The molecule has 3 aliphatic rings. The van der Waals surface area contributed by atoms with Crippen LogP contribution in [0.25, 0.3) is 133 Å². The number of benzene rings is 15. The van der Waals surface area contributed by atoms with Gasteiger partial charge in [-0.05, 0) is 194 Å². The SMILES string of the molecule is C.c1ccc(-n2c(-c3ccc4c(c3)C3(c5ccccc5-4)c4ccccc4C4(c5ccccc5-c5ccc(-c6nc7ccccc7n6-c6ccccc6)cc54)c4cc(-c5c6ccccc6c(-c6ccc7ccccc7c6)c6ccccc56)ccc43)nc3ccccc32)cc1. The van der Waals surface area contributed by atoms with E-state index < -0.39 is 10.8 Å². The summed E-state index contributed by atoms with van der Waals surface area (Å²) >= 11 is 0. The predicted molar refractivity (Wildman–Crippen MR) is 385 cm³/mol. The van der Waals surface area contributed by atoms with Crippen molar-refractivity contribution in [1.29, 1.82) is 0 Å². The summed E-state index contributed by atoms with van der Waals surface area (Å²) in [5.41, 5.74) is 26.5. The third-order valence-electron chi connectivity index (χ3n) is 20.6. The fraction of sp³-hybridized carbons (Fsp3) is 0.0337. The van der Waals surface area contributed by atoms with Crippen LogP contribution in [0.4, 0.5) is 0 Å². The molecule has 2 aromatic heterocycles. The van der Waals surface area contributed by atoms with Crippen LogP contribution in [-0.4, -0.2) is 19.1 Å². The van der Waals surface area contributed by atoms with E-state index in [0.29, 0.717) is 0 Å².